The average molecular weight is 418 g/mol. The number of aromatic nitrogens is 1. The minimum absolute atomic E-state index is 0.143. The quantitative estimate of drug-likeness (QED) is 0.501. The second-order valence-corrected chi connectivity index (χ2v) is 8.93. The maximum absolute atomic E-state index is 12.3. The zero-order valence-electron chi connectivity index (χ0n) is 12.3. The lowest BCUT2D eigenvalue weighted by Crippen LogP contribution is -2.22. The molecule has 3 nitrogen and oxygen atoms in total. The van der Waals surface area contributed by atoms with E-state index in [1.54, 1.807) is 18.2 Å². The standard InChI is InChI=1S/C16H11Cl3N2OS2/c1-8(15(22)20-12-5-10(18)4-11(19)6-12)23-16-21-13-7-9(17)2-3-14(13)24-16/h2-8H,1H3,(H,20,22). The molecule has 8 heteroatoms. The number of amides is 1. The van der Waals surface area contributed by atoms with Crippen molar-refractivity contribution in [2.24, 2.45) is 0 Å². The molecule has 0 aliphatic heterocycles. The summed E-state index contributed by atoms with van der Waals surface area (Å²) < 4.78 is 1.86. The van der Waals surface area contributed by atoms with Gasteiger partial charge >= 0.3 is 0 Å². The van der Waals surface area contributed by atoms with Gasteiger partial charge in [0.2, 0.25) is 5.91 Å². The molecule has 0 spiro atoms. The van der Waals surface area contributed by atoms with E-state index in [4.69, 9.17) is 34.8 Å². The SMILES string of the molecule is CC(Sc1nc2cc(Cl)ccc2s1)C(=O)Nc1cc(Cl)cc(Cl)c1. The molecule has 1 aromatic heterocycles. The summed E-state index contributed by atoms with van der Waals surface area (Å²) in [4.78, 5) is 16.9. The number of carbonyl (C=O) groups excluding carboxylic acids is 1. The maximum Gasteiger partial charge on any atom is 0.237 e. The molecule has 1 atom stereocenters. The molecule has 0 saturated heterocycles. The highest BCUT2D eigenvalue weighted by Crippen LogP contribution is 2.33. The molecule has 2 aromatic carbocycles. The highest BCUT2D eigenvalue weighted by Gasteiger charge is 2.17. The zero-order chi connectivity index (χ0) is 17.3. The molecular weight excluding hydrogens is 407 g/mol. The number of rotatable bonds is 4. The number of fused-ring (bicyclic) bond motifs is 1. The van der Waals surface area contributed by atoms with Crippen LogP contribution >= 0.6 is 57.9 Å². The van der Waals surface area contributed by atoms with Crippen molar-refractivity contribution < 1.29 is 4.79 Å². The van der Waals surface area contributed by atoms with Gasteiger partial charge < -0.3 is 5.32 Å². The molecule has 3 aromatic rings. The predicted octanol–water partition coefficient (Wildman–Crippen LogP) is 6.38. The van der Waals surface area contributed by atoms with Gasteiger partial charge in [0.25, 0.3) is 0 Å². The van der Waals surface area contributed by atoms with E-state index in [9.17, 15) is 4.79 Å². The molecule has 0 aliphatic carbocycles. The summed E-state index contributed by atoms with van der Waals surface area (Å²) in [6.07, 6.45) is 0. The van der Waals surface area contributed by atoms with Crippen molar-refractivity contribution in [1.29, 1.82) is 0 Å². The molecule has 1 unspecified atom stereocenters. The van der Waals surface area contributed by atoms with Crippen LogP contribution in [-0.2, 0) is 4.79 Å². The second-order valence-electron chi connectivity index (χ2n) is 5.00. The van der Waals surface area contributed by atoms with E-state index in [2.05, 4.69) is 10.3 Å². The molecule has 0 radical (unpaired) electrons. The fraction of sp³-hybridized carbons (Fsp3) is 0.125. The first-order chi connectivity index (χ1) is 11.4. The van der Waals surface area contributed by atoms with Gasteiger partial charge in [-0.15, -0.1) is 11.3 Å². The van der Waals surface area contributed by atoms with Crippen LogP contribution in [0.3, 0.4) is 0 Å². The van der Waals surface area contributed by atoms with Crippen molar-refractivity contribution in [2.45, 2.75) is 16.5 Å². The molecule has 3 rings (SSSR count). The predicted molar refractivity (Wildman–Crippen MR) is 105 cm³/mol. The summed E-state index contributed by atoms with van der Waals surface area (Å²) in [6.45, 7) is 1.82. The monoisotopic (exact) mass is 416 g/mol. The fourth-order valence-corrected chi connectivity index (χ4v) is 4.89. The van der Waals surface area contributed by atoms with E-state index in [1.165, 1.54) is 23.1 Å². The van der Waals surface area contributed by atoms with E-state index >= 15 is 0 Å². The number of anilines is 1. The molecule has 124 valence electrons. The molecular formula is C16H11Cl3N2OS2. The molecule has 24 heavy (non-hydrogen) atoms. The lowest BCUT2D eigenvalue weighted by molar-refractivity contribution is -0.115. The van der Waals surface area contributed by atoms with Crippen molar-refractivity contribution in [3.8, 4) is 0 Å². The van der Waals surface area contributed by atoms with Crippen LogP contribution in [0.15, 0.2) is 40.7 Å². The first-order valence-corrected chi connectivity index (χ1v) is 9.73. The Balaban J connectivity index is 1.70. The number of thioether (sulfide) groups is 1. The normalized spacial score (nSPS) is 12.3. The van der Waals surface area contributed by atoms with Gasteiger partial charge in [0.15, 0.2) is 4.34 Å². The van der Waals surface area contributed by atoms with Crippen LogP contribution in [0.25, 0.3) is 10.2 Å². The third kappa shape index (κ3) is 4.35. The highest BCUT2D eigenvalue weighted by atomic mass is 35.5. The summed E-state index contributed by atoms with van der Waals surface area (Å²) >= 11 is 20.8. The number of halogens is 3. The van der Waals surface area contributed by atoms with Crippen LogP contribution in [0.5, 0.6) is 0 Å². The van der Waals surface area contributed by atoms with Crippen LogP contribution in [0.1, 0.15) is 6.92 Å². The number of carbonyl (C=O) groups is 1. The van der Waals surface area contributed by atoms with Crippen LogP contribution in [-0.4, -0.2) is 16.1 Å². The molecule has 0 bridgehead atoms. The Morgan fingerprint density at radius 1 is 1.12 bits per heavy atom. The Bertz CT molecular complexity index is 893. The summed E-state index contributed by atoms with van der Waals surface area (Å²) in [7, 11) is 0. The van der Waals surface area contributed by atoms with Crippen LogP contribution in [0, 0.1) is 0 Å². The largest absolute Gasteiger partial charge is 0.325 e. The lowest BCUT2D eigenvalue weighted by atomic mass is 10.3. The Kier molecular flexibility index (Phi) is 5.57. The first kappa shape index (κ1) is 17.8. The topological polar surface area (TPSA) is 42.0 Å². The van der Waals surface area contributed by atoms with Crippen LogP contribution < -0.4 is 5.32 Å². The number of nitrogens with zero attached hydrogens (tertiary/aromatic N) is 1. The molecule has 0 fully saturated rings. The fourth-order valence-electron chi connectivity index (χ4n) is 2.00. The molecule has 0 saturated carbocycles. The highest BCUT2D eigenvalue weighted by molar-refractivity contribution is 8.02. The van der Waals surface area contributed by atoms with Crippen LogP contribution in [0.4, 0.5) is 5.69 Å². The Labute approximate surface area is 162 Å². The molecule has 1 N–H and O–H groups in total. The second kappa shape index (κ2) is 7.50. The Morgan fingerprint density at radius 3 is 2.54 bits per heavy atom. The third-order valence-electron chi connectivity index (χ3n) is 3.11. The molecule has 1 amide bonds. The zero-order valence-corrected chi connectivity index (χ0v) is 16.2. The third-order valence-corrected chi connectivity index (χ3v) is 6.01. The van der Waals surface area contributed by atoms with Crippen LogP contribution in [0.2, 0.25) is 15.1 Å². The average Bonchev–Trinajstić information content (AvgIpc) is 2.87. The van der Waals surface area contributed by atoms with E-state index in [0.29, 0.717) is 20.8 Å². The Morgan fingerprint density at radius 2 is 1.83 bits per heavy atom. The van der Waals surface area contributed by atoms with Crippen molar-refractivity contribution in [2.75, 3.05) is 5.32 Å². The number of nitrogens with one attached hydrogen (secondary N) is 1. The van der Waals surface area contributed by atoms with Crippen molar-refractivity contribution in [3.05, 3.63) is 51.5 Å². The Hall–Kier alpha value is -0.980. The summed E-state index contributed by atoms with van der Waals surface area (Å²) in [5, 5.41) is 4.09. The van der Waals surface area contributed by atoms with E-state index in [-0.39, 0.29) is 11.2 Å². The molecule has 1 heterocycles. The summed E-state index contributed by atoms with van der Waals surface area (Å²) in [6, 6.07) is 10.5. The van der Waals surface area contributed by atoms with Crippen molar-refractivity contribution in [1.82, 2.24) is 4.98 Å². The minimum atomic E-state index is -0.321. The van der Waals surface area contributed by atoms with Crippen molar-refractivity contribution >= 4 is 79.7 Å². The summed E-state index contributed by atoms with van der Waals surface area (Å²) in [5.74, 6) is -0.143. The van der Waals surface area contributed by atoms with Crippen molar-refractivity contribution in [3.63, 3.8) is 0 Å². The van der Waals surface area contributed by atoms with Gasteiger partial charge in [-0.3, -0.25) is 4.79 Å². The van der Waals surface area contributed by atoms with E-state index in [0.717, 1.165) is 14.6 Å². The van der Waals surface area contributed by atoms with Gasteiger partial charge in [0, 0.05) is 20.8 Å². The smallest absolute Gasteiger partial charge is 0.237 e. The van der Waals surface area contributed by atoms with Gasteiger partial charge in [0.05, 0.1) is 15.5 Å². The summed E-state index contributed by atoms with van der Waals surface area (Å²) in [5.41, 5.74) is 1.41. The van der Waals surface area contributed by atoms with Gasteiger partial charge in [-0.2, -0.15) is 0 Å². The van der Waals surface area contributed by atoms with E-state index < -0.39 is 0 Å². The van der Waals surface area contributed by atoms with Gasteiger partial charge in [-0.1, -0.05) is 46.6 Å². The number of benzene rings is 2. The van der Waals surface area contributed by atoms with Gasteiger partial charge in [-0.25, -0.2) is 4.98 Å². The van der Waals surface area contributed by atoms with Gasteiger partial charge in [-0.05, 0) is 43.3 Å². The molecule has 0 aliphatic rings. The number of hydrogen-bond donors (Lipinski definition) is 1. The maximum atomic E-state index is 12.3. The number of hydrogen-bond acceptors (Lipinski definition) is 4. The first-order valence-electron chi connectivity index (χ1n) is 6.90. The van der Waals surface area contributed by atoms with Gasteiger partial charge in [0.1, 0.15) is 0 Å². The minimum Gasteiger partial charge on any atom is -0.325 e. The van der Waals surface area contributed by atoms with E-state index in [1.807, 2.05) is 25.1 Å². The lowest BCUT2D eigenvalue weighted by Gasteiger charge is -2.11. The number of thiazole rings is 1.